The maximum atomic E-state index is 13.2. The van der Waals surface area contributed by atoms with Gasteiger partial charge in [-0.2, -0.15) is 0 Å². The van der Waals surface area contributed by atoms with E-state index in [9.17, 15) is 4.79 Å². The van der Waals surface area contributed by atoms with Crippen LogP contribution in [0.2, 0.25) is 0 Å². The van der Waals surface area contributed by atoms with E-state index < -0.39 is 0 Å². The average Bonchev–Trinajstić information content (AvgIpc) is 2.62. The van der Waals surface area contributed by atoms with Crippen molar-refractivity contribution in [1.82, 2.24) is 4.57 Å². The zero-order valence-electron chi connectivity index (χ0n) is 14.8. The lowest BCUT2D eigenvalue weighted by Gasteiger charge is -2.20. The molecule has 0 unspecified atom stereocenters. The highest BCUT2D eigenvalue weighted by Crippen LogP contribution is 2.27. The highest BCUT2D eigenvalue weighted by atomic mass is 16.1. The van der Waals surface area contributed by atoms with Gasteiger partial charge in [-0.25, -0.2) is 0 Å². The molecule has 25 heavy (non-hydrogen) atoms. The Morgan fingerprint density at radius 2 is 1.24 bits per heavy atom. The lowest BCUT2D eigenvalue weighted by Crippen LogP contribution is -2.19. The topological polar surface area (TPSA) is 22.0 Å². The van der Waals surface area contributed by atoms with Crippen molar-refractivity contribution in [3.05, 3.63) is 88.7 Å². The van der Waals surface area contributed by atoms with E-state index in [1.54, 1.807) is 0 Å². The summed E-state index contributed by atoms with van der Waals surface area (Å²) >= 11 is 0. The summed E-state index contributed by atoms with van der Waals surface area (Å²) in [7, 11) is 0. The van der Waals surface area contributed by atoms with Gasteiger partial charge >= 0.3 is 0 Å². The quantitative estimate of drug-likeness (QED) is 0.427. The largest absolute Gasteiger partial charge is 0.276 e. The molecule has 3 aromatic carbocycles. The highest BCUT2D eigenvalue weighted by molar-refractivity contribution is 6.06. The van der Waals surface area contributed by atoms with Gasteiger partial charge in [0.05, 0.1) is 5.52 Å². The zero-order valence-corrected chi connectivity index (χ0v) is 14.8. The van der Waals surface area contributed by atoms with Gasteiger partial charge in [0.25, 0.3) is 5.56 Å². The number of nitrogens with zero attached hydrogens (tertiary/aromatic N) is 1. The van der Waals surface area contributed by atoms with Crippen LogP contribution in [0.4, 0.5) is 0 Å². The van der Waals surface area contributed by atoms with Crippen LogP contribution in [0.5, 0.6) is 0 Å². The molecule has 0 spiro atoms. The molecular weight excluding hydrogens is 306 g/mol. The highest BCUT2D eigenvalue weighted by Gasteiger charge is 2.15. The van der Waals surface area contributed by atoms with E-state index in [0.29, 0.717) is 0 Å². The van der Waals surface area contributed by atoms with Crippen LogP contribution in [0.1, 0.15) is 26.3 Å². The summed E-state index contributed by atoms with van der Waals surface area (Å²) in [6.07, 6.45) is 0. The van der Waals surface area contributed by atoms with Crippen molar-refractivity contribution in [3.63, 3.8) is 0 Å². The van der Waals surface area contributed by atoms with Gasteiger partial charge in [-0.15, -0.1) is 0 Å². The van der Waals surface area contributed by atoms with Crippen LogP contribution in [0.3, 0.4) is 0 Å². The van der Waals surface area contributed by atoms with Crippen LogP contribution in [0.15, 0.2) is 77.6 Å². The second-order valence-corrected chi connectivity index (χ2v) is 7.50. The number of para-hydroxylation sites is 1. The molecule has 0 aliphatic carbocycles. The third kappa shape index (κ3) is 2.54. The zero-order chi connectivity index (χ0) is 17.6. The summed E-state index contributed by atoms with van der Waals surface area (Å²) in [6.45, 7) is 6.58. The molecule has 124 valence electrons. The fraction of sp³-hybridized carbons (Fsp3) is 0.174. The summed E-state index contributed by atoms with van der Waals surface area (Å²) < 4.78 is 1.82. The Bertz CT molecular complexity index is 1130. The van der Waals surface area contributed by atoms with Crippen LogP contribution in [-0.4, -0.2) is 4.57 Å². The molecule has 0 fully saturated rings. The predicted octanol–water partition coefficient (Wildman–Crippen LogP) is 5.44. The Labute approximate surface area is 147 Å². The Balaban J connectivity index is 2.07. The van der Waals surface area contributed by atoms with E-state index in [2.05, 4.69) is 39.0 Å². The Hall–Kier alpha value is -2.87. The number of pyridine rings is 1. The van der Waals surface area contributed by atoms with Crippen molar-refractivity contribution in [2.75, 3.05) is 0 Å². The van der Waals surface area contributed by atoms with Crippen LogP contribution >= 0.6 is 0 Å². The molecule has 0 radical (unpaired) electrons. The predicted molar refractivity (Wildman–Crippen MR) is 106 cm³/mol. The van der Waals surface area contributed by atoms with Crippen LogP contribution in [-0.2, 0) is 5.41 Å². The van der Waals surface area contributed by atoms with Crippen molar-refractivity contribution >= 4 is 21.7 Å². The molecule has 4 rings (SSSR count). The number of hydrogen-bond donors (Lipinski definition) is 0. The van der Waals surface area contributed by atoms with Gasteiger partial charge in [0.2, 0.25) is 0 Å². The third-order valence-electron chi connectivity index (χ3n) is 4.79. The van der Waals surface area contributed by atoms with Gasteiger partial charge < -0.3 is 0 Å². The molecule has 0 N–H and O–H groups in total. The molecule has 0 amide bonds. The molecule has 0 bridgehead atoms. The van der Waals surface area contributed by atoms with Crippen molar-refractivity contribution < 1.29 is 0 Å². The summed E-state index contributed by atoms with van der Waals surface area (Å²) in [6, 6.07) is 24.3. The van der Waals surface area contributed by atoms with E-state index in [4.69, 9.17) is 0 Å². The van der Waals surface area contributed by atoms with Gasteiger partial charge in [0.15, 0.2) is 0 Å². The standard InChI is InChI=1S/C23H21NO/c1-23(2,3)16-12-14-17(15-13-16)24-21-11-7-6-9-19(21)18-8-4-5-10-20(18)22(24)25/h4-15H,1-3H3. The molecule has 1 aromatic heterocycles. The second kappa shape index (κ2) is 5.59. The lowest BCUT2D eigenvalue weighted by molar-refractivity contribution is 0.590. The smallest absolute Gasteiger partial charge is 0.263 e. The minimum Gasteiger partial charge on any atom is -0.276 e. The fourth-order valence-electron chi connectivity index (χ4n) is 3.40. The average molecular weight is 327 g/mol. The van der Waals surface area contributed by atoms with E-state index in [-0.39, 0.29) is 11.0 Å². The fourth-order valence-corrected chi connectivity index (χ4v) is 3.40. The van der Waals surface area contributed by atoms with Gasteiger partial charge in [0, 0.05) is 16.5 Å². The Kier molecular flexibility index (Phi) is 3.50. The van der Waals surface area contributed by atoms with Gasteiger partial charge in [-0.1, -0.05) is 69.3 Å². The molecule has 0 atom stereocenters. The first-order valence-corrected chi connectivity index (χ1v) is 8.60. The number of benzene rings is 3. The summed E-state index contributed by atoms with van der Waals surface area (Å²) in [5.41, 5.74) is 3.22. The third-order valence-corrected chi connectivity index (χ3v) is 4.79. The van der Waals surface area contributed by atoms with Crippen molar-refractivity contribution in [1.29, 1.82) is 0 Å². The van der Waals surface area contributed by atoms with Gasteiger partial charge in [-0.3, -0.25) is 9.36 Å². The minimum atomic E-state index is 0.0257. The first-order valence-electron chi connectivity index (χ1n) is 8.60. The molecule has 1 heterocycles. The van der Waals surface area contributed by atoms with Crippen molar-refractivity contribution in [3.8, 4) is 5.69 Å². The van der Waals surface area contributed by atoms with Crippen molar-refractivity contribution in [2.45, 2.75) is 26.2 Å². The van der Waals surface area contributed by atoms with Crippen molar-refractivity contribution in [2.24, 2.45) is 0 Å². The van der Waals surface area contributed by atoms with Gasteiger partial charge in [-0.05, 0) is 40.6 Å². The maximum absolute atomic E-state index is 13.2. The minimum absolute atomic E-state index is 0.0257. The lowest BCUT2D eigenvalue weighted by atomic mass is 9.87. The Morgan fingerprint density at radius 1 is 0.680 bits per heavy atom. The van der Waals surface area contributed by atoms with Crippen LogP contribution in [0, 0.1) is 0 Å². The molecule has 2 nitrogen and oxygen atoms in total. The van der Waals surface area contributed by atoms with E-state index in [0.717, 1.165) is 27.4 Å². The second-order valence-electron chi connectivity index (χ2n) is 7.50. The molecule has 0 aliphatic rings. The molecule has 0 aliphatic heterocycles. The summed E-state index contributed by atoms with van der Waals surface area (Å²) in [4.78, 5) is 13.2. The Morgan fingerprint density at radius 3 is 1.88 bits per heavy atom. The molecule has 0 saturated carbocycles. The first-order chi connectivity index (χ1) is 12.0. The normalized spacial score (nSPS) is 12.0. The molecular formula is C23H21NO. The monoisotopic (exact) mass is 327 g/mol. The van der Waals surface area contributed by atoms with Crippen LogP contribution in [0.25, 0.3) is 27.4 Å². The maximum Gasteiger partial charge on any atom is 0.263 e. The molecule has 0 saturated heterocycles. The molecule has 2 heteroatoms. The summed E-state index contributed by atoms with van der Waals surface area (Å²) in [5, 5.41) is 2.85. The number of aromatic nitrogens is 1. The molecule has 4 aromatic rings. The van der Waals surface area contributed by atoms with Gasteiger partial charge in [0.1, 0.15) is 0 Å². The first kappa shape index (κ1) is 15.6. The number of fused-ring (bicyclic) bond motifs is 3. The number of rotatable bonds is 1. The SMILES string of the molecule is CC(C)(C)c1ccc(-n2c(=O)c3ccccc3c3ccccc32)cc1. The number of hydrogen-bond acceptors (Lipinski definition) is 1. The van der Waals surface area contributed by atoms with E-state index >= 15 is 0 Å². The van der Waals surface area contributed by atoms with Crippen LogP contribution < -0.4 is 5.56 Å². The van der Waals surface area contributed by atoms with E-state index in [1.165, 1.54) is 5.56 Å². The van der Waals surface area contributed by atoms with E-state index in [1.807, 2.05) is 59.2 Å². The summed E-state index contributed by atoms with van der Waals surface area (Å²) in [5.74, 6) is 0.